The predicted octanol–water partition coefficient (Wildman–Crippen LogP) is 2.92. The van der Waals surface area contributed by atoms with Crippen molar-refractivity contribution < 1.29 is 4.74 Å². The Morgan fingerprint density at radius 2 is 2.00 bits per heavy atom. The van der Waals surface area contributed by atoms with Gasteiger partial charge >= 0.3 is 0 Å². The number of unbranched alkanes of at least 4 members (excludes halogenated alkanes) is 2. The maximum absolute atomic E-state index is 5.73. The van der Waals surface area contributed by atoms with Crippen molar-refractivity contribution in [1.82, 2.24) is 19.8 Å². The van der Waals surface area contributed by atoms with E-state index in [0.29, 0.717) is 6.54 Å². The number of hydrogen-bond donors (Lipinski definition) is 1. The lowest BCUT2D eigenvalue weighted by Gasteiger charge is -2.06. The molecule has 0 amide bonds. The van der Waals surface area contributed by atoms with Gasteiger partial charge in [0, 0.05) is 12.0 Å². The molecule has 0 radical (unpaired) electrons. The second-order valence-electron chi connectivity index (χ2n) is 5.33. The van der Waals surface area contributed by atoms with Crippen LogP contribution in [0, 0.1) is 0 Å². The van der Waals surface area contributed by atoms with Gasteiger partial charge < -0.3 is 10.5 Å². The number of fused-ring (bicyclic) bond motifs is 1. The molecule has 122 valence electrons. The fraction of sp³-hybridized carbons (Fsp3) is 0.438. The van der Waals surface area contributed by atoms with Crippen LogP contribution in [0.15, 0.2) is 24.3 Å². The van der Waals surface area contributed by atoms with Gasteiger partial charge in [0.1, 0.15) is 10.8 Å². The first-order chi connectivity index (χ1) is 11.3. The summed E-state index contributed by atoms with van der Waals surface area (Å²) in [6.07, 6.45) is 4.25. The molecule has 3 aromatic rings. The van der Waals surface area contributed by atoms with Gasteiger partial charge in [0.2, 0.25) is 4.96 Å². The Hall–Kier alpha value is -1.99. The Morgan fingerprint density at radius 1 is 1.17 bits per heavy atom. The number of nitrogens with zero attached hydrogens (tertiary/aromatic N) is 4. The number of ether oxygens (including phenoxy) is 1. The van der Waals surface area contributed by atoms with Crippen molar-refractivity contribution in [1.29, 1.82) is 0 Å². The molecule has 1 aromatic carbocycles. The fourth-order valence-corrected chi connectivity index (χ4v) is 3.15. The monoisotopic (exact) mass is 331 g/mol. The van der Waals surface area contributed by atoms with E-state index in [1.807, 2.05) is 24.3 Å². The number of aromatic nitrogens is 4. The van der Waals surface area contributed by atoms with Gasteiger partial charge in [0.15, 0.2) is 5.82 Å². The first-order valence-electron chi connectivity index (χ1n) is 7.96. The average Bonchev–Trinajstić information content (AvgIpc) is 3.13. The highest BCUT2D eigenvalue weighted by Gasteiger charge is 2.13. The number of rotatable bonds is 8. The number of benzene rings is 1. The zero-order chi connectivity index (χ0) is 16.1. The SMILES string of the molecule is CCCCCOc1ccc(-c2nnc3sc(CCN)nn23)cc1. The number of nitrogens with two attached hydrogens (primary N) is 1. The summed E-state index contributed by atoms with van der Waals surface area (Å²) in [6.45, 7) is 3.53. The molecule has 0 fully saturated rings. The van der Waals surface area contributed by atoms with Gasteiger partial charge in [-0.1, -0.05) is 31.1 Å². The summed E-state index contributed by atoms with van der Waals surface area (Å²) in [7, 11) is 0. The summed E-state index contributed by atoms with van der Waals surface area (Å²) >= 11 is 1.53. The van der Waals surface area contributed by atoms with Crippen molar-refractivity contribution in [3.8, 4) is 17.1 Å². The molecule has 0 spiro atoms. The molecular weight excluding hydrogens is 310 g/mol. The van der Waals surface area contributed by atoms with Gasteiger partial charge in [-0.15, -0.1) is 10.2 Å². The third-order valence-electron chi connectivity index (χ3n) is 3.52. The van der Waals surface area contributed by atoms with Crippen LogP contribution in [0.1, 0.15) is 31.2 Å². The van der Waals surface area contributed by atoms with Crippen LogP contribution in [0.4, 0.5) is 0 Å². The summed E-state index contributed by atoms with van der Waals surface area (Å²) in [5.41, 5.74) is 6.56. The van der Waals surface area contributed by atoms with E-state index in [1.54, 1.807) is 4.52 Å². The molecule has 0 aliphatic rings. The van der Waals surface area contributed by atoms with E-state index < -0.39 is 0 Å². The molecule has 2 aromatic heterocycles. The quantitative estimate of drug-likeness (QED) is 0.642. The summed E-state index contributed by atoms with van der Waals surface area (Å²) < 4.78 is 7.52. The molecule has 0 aliphatic heterocycles. The van der Waals surface area contributed by atoms with E-state index in [0.717, 1.165) is 46.6 Å². The number of hydrogen-bond acceptors (Lipinski definition) is 6. The Bertz CT molecular complexity index is 750. The van der Waals surface area contributed by atoms with Crippen molar-refractivity contribution in [3.63, 3.8) is 0 Å². The zero-order valence-corrected chi connectivity index (χ0v) is 14.1. The fourth-order valence-electron chi connectivity index (χ4n) is 2.30. The van der Waals surface area contributed by atoms with Gasteiger partial charge in [0.25, 0.3) is 0 Å². The highest BCUT2D eigenvalue weighted by Crippen LogP contribution is 2.24. The topological polar surface area (TPSA) is 78.3 Å². The standard InChI is InChI=1S/C16H21N5OS/c1-2-3-4-11-22-13-7-5-12(6-8-13)15-18-19-16-21(15)20-14(23-16)9-10-17/h5-8H,2-4,9-11,17H2,1H3. The Kier molecular flexibility index (Phi) is 5.19. The molecule has 0 aliphatic carbocycles. The van der Waals surface area contributed by atoms with Crippen LogP contribution in [0.25, 0.3) is 16.3 Å². The Balaban J connectivity index is 1.74. The first-order valence-corrected chi connectivity index (χ1v) is 8.78. The second kappa shape index (κ2) is 7.52. The predicted molar refractivity (Wildman–Crippen MR) is 91.9 cm³/mol. The lowest BCUT2D eigenvalue weighted by molar-refractivity contribution is 0.306. The van der Waals surface area contributed by atoms with Crippen molar-refractivity contribution >= 4 is 16.3 Å². The van der Waals surface area contributed by atoms with Crippen LogP contribution in [0.5, 0.6) is 5.75 Å². The molecule has 7 heteroatoms. The minimum atomic E-state index is 0.587. The van der Waals surface area contributed by atoms with Gasteiger partial charge in [-0.25, -0.2) is 0 Å². The van der Waals surface area contributed by atoms with Crippen molar-refractivity contribution in [2.24, 2.45) is 5.73 Å². The molecule has 2 heterocycles. The van der Waals surface area contributed by atoms with Crippen molar-refractivity contribution in [2.45, 2.75) is 32.6 Å². The largest absolute Gasteiger partial charge is 0.494 e. The average molecular weight is 331 g/mol. The first kappa shape index (κ1) is 15.9. The molecule has 0 unspecified atom stereocenters. The van der Waals surface area contributed by atoms with Crippen LogP contribution >= 0.6 is 11.3 Å². The minimum absolute atomic E-state index is 0.587. The summed E-state index contributed by atoms with van der Waals surface area (Å²) in [6, 6.07) is 7.92. The summed E-state index contributed by atoms with van der Waals surface area (Å²) in [4.78, 5) is 0.795. The maximum atomic E-state index is 5.73. The molecule has 3 rings (SSSR count). The Labute approximate surface area is 139 Å². The summed E-state index contributed by atoms with van der Waals surface area (Å²) in [5.74, 6) is 1.63. The third-order valence-corrected chi connectivity index (χ3v) is 4.48. The lowest BCUT2D eigenvalue weighted by atomic mass is 10.2. The molecule has 6 nitrogen and oxygen atoms in total. The van der Waals surface area contributed by atoms with Crippen LogP contribution in [-0.4, -0.2) is 33.0 Å². The lowest BCUT2D eigenvalue weighted by Crippen LogP contribution is -2.03. The second-order valence-corrected chi connectivity index (χ2v) is 6.37. The zero-order valence-electron chi connectivity index (χ0n) is 13.2. The molecule has 0 saturated heterocycles. The summed E-state index contributed by atoms with van der Waals surface area (Å²) in [5, 5.41) is 13.9. The van der Waals surface area contributed by atoms with E-state index >= 15 is 0 Å². The normalized spacial score (nSPS) is 11.2. The van der Waals surface area contributed by atoms with Crippen LogP contribution in [-0.2, 0) is 6.42 Å². The third kappa shape index (κ3) is 3.68. The molecule has 0 atom stereocenters. The van der Waals surface area contributed by atoms with Crippen LogP contribution < -0.4 is 10.5 Å². The van der Waals surface area contributed by atoms with Crippen molar-refractivity contribution in [2.75, 3.05) is 13.2 Å². The highest BCUT2D eigenvalue weighted by atomic mass is 32.1. The molecule has 23 heavy (non-hydrogen) atoms. The van der Waals surface area contributed by atoms with E-state index in [1.165, 1.54) is 24.2 Å². The van der Waals surface area contributed by atoms with E-state index in [4.69, 9.17) is 10.5 Å². The molecule has 0 bridgehead atoms. The molecule has 2 N–H and O–H groups in total. The van der Waals surface area contributed by atoms with Gasteiger partial charge in [-0.2, -0.15) is 9.61 Å². The van der Waals surface area contributed by atoms with Crippen LogP contribution in [0.2, 0.25) is 0 Å². The minimum Gasteiger partial charge on any atom is -0.494 e. The molecule has 0 saturated carbocycles. The van der Waals surface area contributed by atoms with Gasteiger partial charge in [0.05, 0.1) is 6.61 Å². The van der Waals surface area contributed by atoms with Gasteiger partial charge in [-0.3, -0.25) is 0 Å². The van der Waals surface area contributed by atoms with E-state index in [9.17, 15) is 0 Å². The Morgan fingerprint density at radius 3 is 2.74 bits per heavy atom. The van der Waals surface area contributed by atoms with Crippen molar-refractivity contribution in [3.05, 3.63) is 29.3 Å². The smallest absolute Gasteiger partial charge is 0.234 e. The van der Waals surface area contributed by atoms with Gasteiger partial charge in [-0.05, 0) is 37.2 Å². The van der Waals surface area contributed by atoms with Crippen LogP contribution in [0.3, 0.4) is 0 Å². The van der Waals surface area contributed by atoms with E-state index in [-0.39, 0.29) is 0 Å². The highest BCUT2D eigenvalue weighted by molar-refractivity contribution is 7.16. The maximum Gasteiger partial charge on any atom is 0.234 e. The molecular formula is C16H21N5OS. The van der Waals surface area contributed by atoms with E-state index in [2.05, 4.69) is 22.2 Å².